The Bertz CT molecular complexity index is 682. The summed E-state index contributed by atoms with van der Waals surface area (Å²) in [5.41, 5.74) is 2.81. The van der Waals surface area contributed by atoms with Crippen molar-refractivity contribution in [2.24, 2.45) is 0 Å². The van der Waals surface area contributed by atoms with Gasteiger partial charge in [-0.25, -0.2) is 0 Å². The van der Waals surface area contributed by atoms with E-state index in [0.29, 0.717) is 23.7 Å². The van der Waals surface area contributed by atoms with Gasteiger partial charge in [0.05, 0.1) is 13.2 Å². The maximum absolute atomic E-state index is 12.3. The van der Waals surface area contributed by atoms with Crippen LogP contribution in [0.5, 0.6) is 11.5 Å². The number of hydrogen-bond donors (Lipinski definition) is 1. The Morgan fingerprint density at radius 2 is 1.83 bits per heavy atom. The molecule has 4 heteroatoms. The van der Waals surface area contributed by atoms with Crippen LogP contribution in [-0.2, 0) is 0 Å². The number of amides is 1. The van der Waals surface area contributed by atoms with Crippen LogP contribution in [0.4, 0.5) is 0 Å². The molecule has 4 nitrogen and oxygen atoms in total. The summed E-state index contributed by atoms with van der Waals surface area (Å²) in [6.45, 7) is 6.24. The molecule has 1 atom stereocenters. The molecule has 0 saturated heterocycles. The molecule has 1 amide bonds. The number of methoxy groups -OCH3 is 1. The van der Waals surface area contributed by atoms with E-state index >= 15 is 0 Å². The van der Waals surface area contributed by atoms with Crippen molar-refractivity contribution in [1.82, 2.24) is 5.32 Å². The van der Waals surface area contributed by atoms with E-state index in [1.54, 1.807) is 7.11 Å². The van der Waals surface area contributed by atoms with E-state index in [-0.39, 0.29) is 11.9 Å². The summed E-state index contributed by atoms with van der Waals surface area (Å²) < 4.78 is 11.0. The molecule has 2 aromatic rings. The van der Waals surface area contributed by atoms with Gasteiger partial charge in [0.15, 0.2) is 11.5 Å². The number of aryl methyl sites for hydroxylation is 2. The van der Waals surface area contributed by atoms with Gasteiger partial charge in [-0.2, -0.15) is 0 Å². The molecule has 0 saturated carbocycles. The van der Waals surface area contributed by atoms with Gasteiger partial charge in [-0.05, 0) is 44.5 Å². The lowest BCUT2D eigenvalue weighted by Gasteiger charge is -2.17. The first-order chi connectivity index (χ1) is 11.0. The number of carbonyl (C=O) groups excluding carboxylic acids is 1. The first-order valence-corrected chi connectivity index (χ1v) is 7.65. The van der Waals surface area contributed by atoms with Crippen molar-refractivity contribution in [2.75, 3.05) is 13.7 Å². The van der Waals surface area contributed by atoms with E-state index < -0.39 is 0 Å². The van der Waals surface area contributed by atoms with Crippen LogP contribution in [0.2, 0.25) is 0 Å². The van der Waals surface area contributed by atoms with Crippen molar-refractivity contribution >= 4 is 5.91 Å². The fraction of sp³-hybridized carbons (Fsp3) is 0.316. The highest BCUT2D eigenvalue weighted by Crippen LogP contribution is 2.25. The highest BCUT2D eigenvalue weighted by Gasteiger charge is 2.13. The smallest absolute Gasteiger partial charge is 0.251 e. The topological polar surface area (TPSA) is 47.6 Å². The molecule has 0 spiro atoms. The van der Waals surface area contributed by atoms with Gasteiger partial charge in [-0.3, -0.25) is 4.79 Å². The van der Waals surface area contributed by atoms with Crippen LogP contribution in [0.15, 0.2) is 42.5 Å². The largest absolute Gasteiger partial charge is 0.493 e. The summed E-state index contributed by atoms with van der Waals surface area (Å²) >= 11 is 0. The third kappa shape index (κ3) is 4.49. The minimum absolute atomic E-state index is 0.0846. The summed E-state index contributed by atoms with van der Waals surface area (Å²) in [6, 6.07) is 13.1. The quantitative estimate of drug-likeness (QED) is 0.888. The molecular formula is C19H23NO3. The van der Waals surface area contributed by atoms with Crippen LogP contribution in [-0.4, -0.2) is 25.7 Å². The zero-order chi connectivity index (χ0) is 16.8. The Balaban J connectivity index is 1.94. The van der Waals surface area contributed by atoms with E-state index in [9.17, 15) is 4.79 Å². The van der Waals surface area contributed by atoms with Gasteiger partial charge >= 0.3 is 0 Å². The van der Waals surface area contributed by atoms with Crippen LogP contribution < -0.4 is 14.8 Å². The minimum atomic E-state index is -0.117. The number of rotatable bonds is 6. The van der Waals surface area contributed by atoms with E-state index in [4.69, 9.17) is 9.47 Å². The van der Waals surface area contributed by atoms with Crippen molar-refractivity contribution in [3.05, 3.63) is 59.2 Å². The van der Waals surface area contributed by atoms with E-state index in [1.807, 2.05) is 63.2 Å². The molecule has 0 unspecified atom stereocenters. The van der Waals surface area contributed by atoms with E-state index in [2.05, 4.69) is 5.32 Å². The molecule has 1 N–H and O–H groups in total. The fourth-order valence-corrected chi connectivity index (χ4v) is 2.36. The lowest BCUT2D eigenvalue weighted by Crippen LogP contribution is -2.37. The Hall–Kier alpha value is -2.49. The van der Waals surface area contributed by atoms with Gasteiger partial charge in [0.2, 0.25) is 0 Å². The molecule has 0 bridgehead atoms. The summed E-state index contributed by atoms with van der Waals surface area (Å²) in [7, 11) is 1.60. The Morgan fingerprint density at radius 1 is 1.13 bits per heavy atom. The zero-order valence-electron chi connectivity index (χ0n) is 14.1. The van der Waals surface area contributed by atoms with Gasteiger partial charge in [0.1, 0.15) is 6.61 Å². The predicted molar refractivity (Wildman–Crippen MR) is 91.3 cm³/mol. The zero-order valence-corrected chi connectivity index (χ0v) is 14.1. The van der Waals surface area contributed by atoms with Gasteiger partial charge in [0, 0.05) is 5.56 Å². The molecule has 0 radical (unpaired) electrons. The predicted octanol–water partition coefficient (Wildman–Crippen LogP) is 3.51. The fourth-order valence-electron chi connectivity index (χ4n) is 2.36. The van der Waals surface area contributed by atoms with Crippen molar-refractivity contribution in [1.29, 1.82) is 0 Å². The van der Waals surface area contributed by atoms with Crippen LogP contribution >= 0.6 is 0 Å². The number of hydrogen-bond acceptors (Lipinski definition) is 3. The van der Waals surface area contributed by atoms with Gasteiger partial charge in [-0.1, -0.05) is 29.8 Å². The Morgan fingerprint density at radius 3 is 2.48 bits per heavy atom. The number of benzene rings is 2. The second kappa shape index (κ2) is 7.68. The molecule has 0 aliphatic heterocycles. The van der Waals surface area contributed by atoms with Crippen LogP contribution in [0.25, 0.3) is 0 Å². The average molecular weight is 313 g/mol. The second-order valence-corrected chi connectivity index (χ2v) is 5.65. The first kappa shape index (κ1) is 16.9. The molecule has 0 aliphatic rings. The third-order valence-corrected chi connectivity index (χ3v) is 3.56. The van der Waals surface area contributed by atoms with Gasteiger partial charge < -0.3 is 14.8 Å². The molecule has 122 valence electrons. The monoisotopic (exact) mass is 313 g/mol. The number of para-hydroxylation sites is 2. The summed E-state index contributed by atoms with van der Waals surface area (Å²) in [4.78, 5) is 12.3. The molecule has 0 aromatic heterocycles. The van der Waals surface area contributed by atoms with Crippen molar-refractivity contribution in [3.63, 3.8) is 0 Å². The maximum Gasteiger partial charge on any atom is 0.251 e. The molecule has 0 aliphatic carbocycles. The van der Waals surface area contributed by atoms with E-state index in [0.717, 1.165) is 11.1 Å². The SMILES string of the molecule is COc1ccccc1OC[C@@H](C)NC(=O)c1ccc(C)cc1C. The van der Waals surface area contributed by atoms with Crippen molar-refractivity contribution in [2.45, 2.75) is 26.8 Å². The summed E-state index contributed by atoms with van der Waals surface area (Å²) in [5, 5.41) is 2.96. The number of carbonyl (C=O) groups is 1. The summed E-state index contributed by atoms with van der Waals surface area (Å²) in [6.07, 6.45) is 0. The van der Waals surface area contributed by atoms with Gasteiger partial charge in [-0.15, -0.1) is 0 Å². The van der Waals surface area contributed by atoms with Crippen LogP contribution in [0.3, 0.4) is 0 Å². The highest BCUT2D eigenvalue weighted by atomic mass is 16.5. The normalized spacial score (nSPS) is 11.7. The Kier molecular flexibility index (Phi) is 5.63. The molecule has 0 heterocycles. The first-order valence-electron chi connectivity index (χ1n) is 7.65. The van der Waals surface area contributed by atoms with Crippen LogP contribution in [0, 0.1) is 13.8 Å². The van der Waals surface area contributed by atoms with Crippen molar-refractivity contribution in [3.8, 4) is 11.5 Å². The van der Waals surface area contributed by atoms with Crippen LogP contribution in [0.1, 0.15) is 28.4 Å². The molecule has 23 heavy (non-hydrogen) atoms. The molecule has 2 rings (SSSR count). The molecule has 0 fully saturated rings. The van der Waals surface area contributed by atoms with Crippen molar-refractivity contribution < 1.29 is 14.3 Å². The average Bonchev–Trinajstić information content (AvgIpc) is 2.53. The highest BCUT2D eigenvalue weighted by molar-refractivity contribution is 5.95. The lowest BCUT2D eigenvalue weighted by atomic mass is 10.1. The third-order valence-electron chi connectivity index (χ3n) is 3.56. The maximum atomic E-state index is 12.3. The number of ether oxygens (including phenoxy) is 2. The lowest BCUT2D eigenvalue weighted by molar-refractivity contribution is 0.0925. The molecule has 2 aromatic carbocycles. The number of nitrogens with one attached hydrogen (secondary N) is 1. The summed E-state index contributed by atoms with van der Waals surface area (Å²) in [5.74, 6) is 1.27. The van der Waals surface area contributed by atoms with E-state index in [1.165, 1.54) is 0 Å². The second-order valence-electron chi connectivity index (χ2n) is 5.65. The Labute approximate surface area is 137 Å². The minimum Gasteiger partial charge on any atom is -0.493 e. The molecular weight excluding hydrogens is 290 g/mol. The van der Waals surface area contributed by atoms with Gasteiger partial charge in [0.25, 0.3) is 5.91 Å². The standard InChI is InChI=1S/C19H23NO3/c1-13-9-10-16(14(2)11-13)19(21)20-15(3)12-23-18-8-6-5-7-17(18)22-4/h5-11,15H,12H2,1-4H3,(H,20,21)/t15-/m1/s1.